The predicted molar refractivity (Wildman–Crippen MR) is 81.1 cm³/mol. The zero-order valence-electron chi connectivity index (χ0n) is 12.4. The molecule has 0 unspecified atom stereocenters. The van der Waals surface area contributed by atoms with Crippen LogP contribution in [0, 0.1) is 0 Å². The highest BCUT2D eigenvalue weighted by atomic mass is 16.5. The second kappa shape index (κ2) is 6.31. The average Bonchev–Trinajstić information content (AvgIpc) is 3.16. The summed E-state index contributed by atoms with van der Waals surface area (Å²) in [4.78, 5) is 0. The molecule has 1 N–H and O–H groups in total. The molecule has 1 atom stereocenters. The van der Waals surface area contributed by atoms with Crippen molar-refractivity contribution in [3.8, 4) is 5.75 Å². The summed E-state index contributed by atoms with van der Waals surface area (Å²) in [6.45, 7) is 2.24. The minimum Gasteiger partial charge on any atom is -0.487 e. The number of hydrogen-bond donors (Lipinski definition) is 1. The van der Waals surface area contributed by atoms with E-state index in [1.165, 1.54) is 25.7 Å². The number of nitrogens with zero attached hydrogens (tertiary/aromatic N) is 2. The molecule has 4 heteroatoms. The number of aromatic nitrogens is 2. The maximum atomic E-state index is 9.48. The Labute approximate surface area is 125 Å². The normalized spacial score (nSPS) is 17.0. The Morgan fingerprint density at radius 3 is 2.62 bits per heavy atom. The van der Waals surface area contributed by atoms with E-state index in [1.54, 1.807) is 6.92 Å². The number of benzene rings is 1. The van der Waals surface area contributed by atoms with Crippen molar-refractivity contribution in [2.75, 3.05) is 0 Å². The van der Waals surface area contributed by atoms with E-state index in [0.29, 0.717) is 12.6 Å². The molecule has 0 spiro atoms. The van der Waals surface area contributed by atoms with Crippen molar-refractivity contribution in [3.63, 3.8) is 0 Å². The van der Waals surface area contributed by atoms with E-state index in [4.69, 9.17) is 4.74 Å². The quantitative estimate of drug-likeness (QED) is 0.913. The largest absolute Gasteiger partial charge is 0.487 e. The van der Waals surface area contributed by atoms with Crippen LogP contribution < -0.4 is 4.74 Å². The van der Waals surface area contributed by atoms with E-state index in [9.17, 15) is 5.11 Å². The summed E-state index contributed by atoms with van der Waals surface area (Å²) in [5.41, 5.74) is 1.86. The van der Waals surface area contributed by atoms with Crippen LogP contribution in [0.15, 0.2) is 36.5 Å². The summed E-state index contributed by atoms with van der Waals surface area (Å²) in [6.07, 6.45) is 6.72. The highest BCUT2D eigenvalue weighted by molar-refractivity contribution is 5.28. The van der Waals surface area contributed by atoms with Gasteiger partial charge >= 0.3 is 0 Å². The first-order chi connectivity index (χ1) is 10.2. The predicted octanol–water partition coefficient (Wildman–Crippen LogP) is 3.63. The molecular weight excluding hydrogens is 264 g/mol. The highest BCUT2D eigenvalue weighted by Crippen LogP contribution is 2.28. The molecule has 0 amide bonds. The molecule has 0 saturated heterocycles. The molecule has 1 heterocycles. The van der Waals surface area contributed by atoms with Crippen LogP contribution in [-0.4, -0.2) is 14.9 Å². The van der Waals surface area contributed by atoms with Gasteiger partial charge in [-0.25, -0.2) is 0 Å². The Morgan fingerprint density at radius 1 is 1.24 bits per heavy atom. The van der Waals surface area contributed by atoms with Gasteiger partial charge in [0.15, 0.2) is 0 Å². The molecular formula is C17H22N2O2. The molecule has 3 rings (SSSR count). The molecule has 0 radical (unpaired) electrons. The van der Waals surface area contributed by atoms with Crippen LogP contribution in [-0.2, 0) is 6.61 Å². The Balaban J connectivity index is 1.57. The third-order valence-electron chi connectivity index (χ3n) is 4.11. The van der Waals surface area contributed by atoms with E-state index in [2.05, 4.69) is 16.0 Å². The minimum absolute atomic E-state index is 0.443. The van der Waals surface area contributed by atoms with Gasteiger partial charge in [-0.3, -0.25) is 4.68 Å². The zero-order chi connectivity index (χ0) is 14.7. The fourth-order valence-electron chi connectivity index (χ4n) is 2.83. The topological polar surface area (TPSA) is 47.3 Å². The first-order valence-electron chi connectivity index (χ1n) is 7.67. The molecule has 1 fully saturated rings. The van der Waals surface area contributed by atoms with Gasteiger partial charge in [-0.05, 0) is 43.5 Å². The standard InChI is InChI=1S/C17H22N2O2/c1-13(20)14-6-8-17(9-7-14)21-12-15-10-11-19(18-15)16-4-2-3-5-16/h6-11,13,16,20H,2-5,12H2,1H3/t13-/m0/s1. The van der Waals surface area contributed by atoms with E-state index in [1.807, 2.05) is 30.3 Å². The van der Waals surface area contributed by atoms with Crippen molar-refractivity contribution in [2.45, 2.75) is 51.4 Å². The van der Waals surface area contributed by atoms with E-state index >= 15 is 0 Å². The Bertz CT molecular complexity index is 569. The fraction of sp³-hybridized carbons (Fsp3) is 0.471. The molecule has 4 nitrogen and oxygen atoms in total. The van der Waals surface area contributed by atoms with Gasteiger partial charge in [0.25, 0.3) is 0 Å². The van der Waals surface area contributed by atoms with Crippen molar-refractivity contribution in [1.82, 2.24) is 9.78 Å². The second-order valence-corrected chi connectivity index (χ2v) is 5.76. The molecule has 112 valence electrons. The summed E-state index contributed by atoms with van der Waals surface area (Å²) in [5.74, 6) is 0.801. The van der Waals surface area contributed by atoms with Crippen molar-refractivity contribution in [1.29, 1.82) is 0 Å². The number of aliphatic hydroxyl groups is 1. The Hall–Kier alpha value is -1.81. The van der Waals surface area contributed by atoms with E-state index < -0.39 is 6.10 Å². The van der Waals surface area contributed by atoms with Gasteiger partial charge in [-0.15, -0.1) is 0 Å². The van der Waals surface area contributed by atoms with Crippen LogP contribution in [0.2, 0.25) is 0 Å². The third-order valence-corrected chi connectivity index (χ3v) is 4.11. The van der Waals surface area contributed by atoms with Crippen molar-refractivity contribution < 1.29 is 9.84 Å². The number of aliphatic hydroxyl groups excluding tert-OH is 1. The molecule has 0 bridgehead atoms. The lowest BCUT2D eigenvalue weighted by Crippen LogP contribution is -2.06. The summed E-state index contributed by atoms with van der Waals surface area (Å²) in [5, 5.41) is 14.1. The summed E-state index contributed by atoms with van der Waals surface area (Å²) >= 11 is 0. The SMILES string of the molecule is C[C@H](O)c1ccc(OCc2ccn(C3CCCC3)n2)cc1. The fourth-order valence-corrected chi connectivity index (χ4v) is 2.83. The van der Waals surface area contributed by atoms with E-state index in [0.717, 1.165) is 17.0 Å². The smallest absolute Gasteiger partial charge is 0.132 e. The highest BCUT2D eigenvalue weighted by Gasteiger charge is 2.17. The molecule has 1 aromatic heterocycles. The lowest BCUT2D eigenvalue weighted by Gasteiger charge is -2.09. The van der Waals surface area contributed by atoms with E-state index in [-0.39, 0.29) is 0 Å². The van der Waals surface area contributed by atoms with Crippen LogP contribution in [0.4, 0.5) is 0 Å². The molecule has 1 aliphatic rings. The van der Waals surface area contributed by atoms with Crippen LogP contribution >= 0.6 is 0 Å². The first-order valence-corrected chi connectivity index (χ1v) is 7.67. The third kappa shape index (κ3) is 3.45. The summed E-state index contributed by atoms with van der Waals surface area (Å²) < 4.78 is 7.83. The van der Waals surface area contributed by atoms with Crippen LogP contribution in [0.1, 0.15) is 56.0 Å². The molecule has 1 aromatic carbocycles. The monoisotopic (exact) mass is 286 g/mol. The van der Waals surface area contributed by atoms with Crippen LogP contribution in [0.5, 0.6) is 5.75 Å². The number of rotatable bonds is 5. The first kappa shape index (κ1) is 14.1. The molecule has 1 aliphatic carbocycles. The molecule has 2 aromatic rings. The van der Waals surface area contributed by atoms with Crippen LogP contribution in [0.3, 0.4) is 0 Å². The van der Waals surface area contributed by atoms with Gasteiger partial charge in [0.1, 0.15) is 12.4 Å². The van der Waals surface area contributed by atoms with Gasteiger partial charge in [0.2, 0.25) is 0 Å². The summed E-state index contributed by atoms with van der Waals surface area (Å²) in [6, 6.07) is 10.1. The maximum absolute atomic E-state index is 9.48. The molecule has 21 heavy (non-hydrogen) atoms. The Kier molecular flexibility index (Phi) is 4.25. The van der Waals surface area contributed by atoms with Gasteiger partial charge < -0.3 is 9.84 Å². The molecule has 0 aliphatic heterocycles. The minimum atomic E-state index is -0.443. The number of ether oxygens (including phenoxy) is 1. The van der Waals surface area contributed by atoms with Crippen molar-refractivity contribution in [3.05, 3.63) is 47.8 Å². The lowest BCUT2D eigenvalue weighted by molar-refractivity contribution is 0.199. The van der Waals surface area contributed by atoms with Gasteiger partial charge in [0, 0.05) is 6.20 Å². The molecule has 1 saturated carbocycles. The second-order valence-electron chi connectivity index (χ2n) is 5.76. The average molecular weight is 286 g/mol. The van der Waals surface area contributed by atoms with Crippen LogP contribution in [0.25, 0.3) is 0 Å². The maximum Gasteiger partial charge on any atom is 0.132 e. The summed E-state index contributed by atoms with van der Waals surface area (Å²) in [7, 11) is 0. The van der Waals surface area contributed by atoms with Gasteiger partial charge in [0.05, 0.1) is 17.8 Å². The zero-order valence-corrected chi connectivity index (χ0v) is 12.4. The lowest BCUT2D eigenvalue weighted by atomic mass is 10.1. The van der Waals surface area contributed by atoms with Crippen molar-refractivity contribution in [2.24, 2.45) is 0 Å². The van der Waals surface area contributed by atoms with Gasteiger partial charge in [-0.2, -0.15) is 5.10 Å². The van der Waals surface area contributed by atoms with Gasteiger partial charge in [-0.1, -0.05) is 25.0 Å². The Morgan fingerprint density at radius 2 is 1.95 bits per heavy atom. The number of hydrogen-bond acceptors (Lipinski definition) is 3. The van der Waals surface area contributed by atoms with Crippen molar-refractivity contribution >= 4 is 0 Å².